The number of carbonyl (C=O) groups excluding carboxylic acids is 1. The number of primary amides is 1. The van der Waals surface area contributed by atoms with Gasteiger partial charge in [-0.15, -0.1) is 0 Å². The van der Waals surface area contributed by atoms with E-state index in [1.165, 1.54) is 0 Å². The molecule has 126 valence electrons. The van der Waals surface area contributed by atoms with Gasteiger partial charge in [0.15, 0.2) is 0 Å². The summed E-state index contributed by atoms with van der Waals surface area (Å²) in [5, 5.41) is 3.43. The van der Waals surface area contributed by atoms with Crippen LogP contribution in [-0.4, -0.2) is 40.0 Å². The maximum absolute atomic E-state index is 11.4. The van der Waals surface area contributed by atoms with E-state index in [1.807, 2.05) is 26.0 Å². The maximum atomic E-state index is 11.4. The first-order valence-corrected chi connectivity index (χ1v) is 8.51. The number of amides is 1. The van der Waals surface area contributed by atoms with Crippen LogP contribution in [0.1, 0.15) is 28.3 Å². The first-order valence-electron chi connectivity index (χ1n) is 7.72. The zero-order valence-corrected chi connectivity index (χ0v) is 15.2. The number of hydrogen-bond donors (Lipinski definition) is 2. The van der Waals surface area contributed by atoms with Gasteiger partial charge in [-0.25, -0.2) is 15.0 Å². The minimum Gasteiger partial charge on any atom is -0.365 e. The lowest BCUT2D eigenvalue weighted by Crippen LogP contribution is -2.29. The highest BCUT2D eigenvalue weighted by molar-refractivity contribution is 9.10. The molecule has 0 aliphatic carbocycles. The van der Waals surface area contributed by atoms with Crippen LogP contribution >= 0.6 is 15.9 Å². The molecule has 0 unspecified atom stereocenters. The second-order valence-corrected chi connectivity index (χ2v) is 6.80. The molecule has 1 saturated heterocycles. The summed E-state index contributed by atoms with van der Waals surface area (Å²) in [6.07, 6.45) is 2.73. The summed E-state index contributed by atoms with van der Waals surface area (Å²) in [4.78, 5) is 26.4. The smallest absolute Gasteiger partial charge is 0.286 e. The normalized spacial score (nSPS) is 17.1. The molecule has 1 aliphatic rings. The minimum absolute atomic E-state index is 0.0686. The topological polar surface area (TPSA) is 97.0 Å². The van der Waals surface area contributed by atoms with E-state index in [9.17, 15) is 4.79 Å². The maximum Gasteiger partial charge on any atom is 0.286 e. The van der Waals surface area contributed by atoms with E-state index >= 15 is 0 Å². The summed E-state index contributed by atoms with van der Waals surface area (Å²) < 4.78 is 0.951. The summed E-state index contributed by atoms with van der Waals surface area (Å²) in [5.41, 5.74) is 7.09. The molecule has 3 heterocycles. The molecular weight excluding hydrogens is 372 g/mol. The number of carbonyl (C=O) groups is 1. The average molecular weight is 391 g/mol. The van der Waals surface area contributed by atoms with Crippen LogP contribution < -0.4 is 16.0 Å². The van der Waals surface area contributed by atoms with Crippen LogP contribution in [0.5, 0.6) is 0 Å². The van der Waals surface area contributed by atoms with Gasteiger partial charge in [0.05, 0.1) is 0 Å². The number of hydrogen-bond acceptors (Lipinski definition) is 6. The molecule has 0 radical (unpaired) electrons. The van der Waals surface area contributed by atoms with E-state index in [0.717, 1.165) is 46.9 Å². The molecule has 0 bridgehead atoms. The molecule has 1 fully saturated rings. The van der Waals surface area contributed by atoms with E-state index in [0.29, 0.717) is 0 Å². The number of rotatable bonds is 4. The van der Waals surface area contributed by atoms with E-state index < -0.39 is 5.91 Å². The highest BCUT2D eigenvalue weighted by atomic mass is 79.9. The third-order valence-corrected chi connectivity index (χ3v) is 4.62. The Hall–Kier alpha value is -2.22. The Labute approximate surface area is 148 Å². The predicted octanol–water partition coefficient (Wildman–Crippen LogP) is 2.04. The zero-order chi connectivity index (χ0) is 17.3. The van der Waals surface area contributed by atoms with Crippen molar-refractivity contribution >= 4 is 33.5 Å². The molecule has 7 nitrogen and oxygen atoms in total. The highest BCUT2D eigenvalue weighted by Crippen LogP contribution is 2.25. The van der Waals surface area contributed by atoms with Gasteiger partial charge < -0.3 is 16.0 Å². The number of anilines is 2. The van der Waals surface area contributed by atoms with Crippen molar-refractivity contribution in [3.05, 3.63) is 39.9 Å². The van der Waals surface area contributed by atoms with Gasteiger partial charge in [0.1, 0.15) is 11.6 Å². The monoisotopic (exact) mass is 390 g/mol. The van der Waals surface area contributed by atoms with Gasteiger partial charge in [0.2, 0.25) is 5.82 Å². The quantitative estimate of drug-likeness (QED) is 0.828. The molecular formula is C16H19BrN6O. The third kappa shape index (κ3) is 3.48. The number of aromatic nitrogens is 3. The Morgan fingerprint density at radius 2 is 2.17 bits per heavy atom. The fraction of sp³-hybridized carbons (Fsp3) is 0.375. The van der Waals surface area contributed by atoms with Crippen LogP contribution in [0, 0.1) is 13.8 Å². The summed E-state index contributed by atoms with van der Waals surface area (Å²) in [7, 11) is 0. The molecule has 0 saturated carbocycles. The second kappa shape index (κ2) is 6.72. The molecule has 1 atom stereocenters. The molecule has 2 aromatic heterocycles. The van der Waals surface area contributed by atoms with Crippen LogP contribution in [0.25, 0.3) is 0 Å². The van der Waals surface area contributed by atoms with Crippen molar-refractivity contribution in [3.63, 3.8) is 0 Å². The van der Waals surface area contributed by atoms with Crippen LogP contribution in [0.15, 0.2) is 22.8 Å². The van der Waals surface area contributed by atoms with Crippen molar-refractivity contribution in [3.8, 4) is 0 Å². The van der Waals surface area contributed by atoms with E-state index in [2.05, 4.69) is 41.1 Å². The van der Waals surface area contributed by atoms with Crippen LogP contribution in [0.3, 0.4) is 0 Å². The standard InChI is InChI=1S/C16H19BrN6O/c1-9-10(2)20-15(14(18)24)22-16(9)23-6-5-12(8-23)21-13-4-3-11(17)7-19-13/h3-4,7,12H,5-6,8H2,1-2H3,(H2,18,24)(H,19,21)/t12-/m1/s1. The average Bonchev–Trinajstić information content (AvgIpc) is 3.00. The highest BCUT2D eigenvalue weighted by Gasteiger charge is 2.26. The summed E-state index contributed by atoms with van der Waals surface area (Å²) in [6, 6.07) is 4.17. The van der Waals surface area contributed by atoms with Gasteiger partial charge in [-0.2, -0.15) is 0 Å². The fourth-order valence-corrected chi connectivity index (χ4v) is 3.01. The van der Waals surface area contributed by atoms with Crippen LogP contribution in [0.4, 0.5) is 11.6 Å². The van der Waals surface area contributed by atoms with Gasteiger partial charge in [0.25, 0.3) is 5.91 Å². The van der Waals surface area contributed by atoms with Crippen molar-refractivity contribution in [1.29, 1.82) is 0 Å². The molecule has 1 amide bonds. The minimum atomic E-state index is -0.604. The Kier molecular flexibility index (Phi) is 4.66. The van der Waals surface area contributed by atoms with E-state index in [-0.39, 0.29) is 11.9 Å². The summed E-state index contributed by atoms with van der Waals surface area (Å²) in [5.74, 6) is 1.09. The van der Waals surface area contributed by atoms with Crippen LogP contribution in [0.2, 0.25) is 0 Å². The zero-order valence-electron chi connectivity index (χ0n) is 13.6. The Morgan fingerprint density at radius 1 is 1.38 bits per heavy atom. The Bertz CT molecular complexity index is 764. The Balaban J connectivity index is 1.75. The second-order valence-electron chi connectivity index (χ2n) is 5.88. The molecule has 24 heavy (non-hydrogen) atoms. The lowest BCUT2D eigenvalue weighted by Gasteiger charge is -2.21. The van der Waals surface area contributed by atoms with Crippen LogP contribution in [-0.2, 0) is 0 Å². The van der Waals surface area contributed by atoms with Crippen molar-refractivity contribution in [2.75, 3.05) is 23.3 Å². The third-order valence-electron chi connectivity index (χ3n) is 4.15. The number of aryl methyl sites for hydroxylation is 1. The summed E-state index contributed by atoms with van der Waals surface area (Å²) >= 11 is 3.38. The van der Waals surface area contributed by atoms with Crippen molar-refractivity contribution < 1.29 is 4.79 Å². The number of nitrogens with one attached hydrogen (secondary N) is 1. The predicted molar refractivity (Wildman–Crippen MR) is 96.2 cm³/mol. The van der Waals surface area contributed by atoms with Crippen molar-refractivity contribution in [2.45, 2.75) is 26.3 Å². The fourth-order valence-electron chi connectivity index (χ4n) is 2.77. The first-order chi connectivity index (χ1) is 11.4. The van der Waals surface area contributed by atoms with Gasteiger partial charge in [-0.05, 0) is 48.3 Å². The van der Waals surface area contributed by atoms with Crippen molar-refractivity contribution in [2.24, 2.45) is 5.73 Å². The molecule has 3 N–H and O–H groups in total. The van der Waals surface area contributed by atoms with E-state index in [1.54, 1.807) is 6.20 Å². The molecule has 1 aliphatic heterocycles. The van der Waals surface area contributed by atoms with Crippen molar-refractivity contribution in [1.82, 2.24) is 15.0 Å². The SMILES string of the molecule is Cc1nc(C(N)=O)nc(N2CC[C@@H](Nc3ccc(Br)cn3)C2)c1C. The summed E-state index contributed by atoms with van der Waals surface area (Å²) in [6.45, 7) is 5.47. The van der Waals surface area contributed by atoms with Gasteiger partial charge in [0, 0.05) is 41.1 Å². The Morgan fingerprint density at radius 3 is 2.83 bits per heavy atom. The lowest BCUT2D eigenvalue weighted by molar-refractivity contribution is 0.0990. The molecule has 8 heteroatoms. The van der Waals surface area contributed by atoms with Gasteiger partial charge in [-0.3, -0.25) is 4.79 Å². The number of nitrogens with zero attached hydrogens (tertiary/aromatic N) is 4. The number of halogens is 1. The molecule has 3 rings (SSSR count). The molecule has 0 aromatic carbocycles. The van der Waals surface area contributed by atoms with Gasteiger partial charge >= 0.3 is 0 Å². The van der Waals surface area contributed by atoms with E-state index in [4.69, 9.17) is 5.73 Å². The molecule has 0 spiro atoms. The molecule has 2 aromatic rings. The largest absolute Gasteiger partial charge is 0.365 e. The first kappa shape index (κ1) is 16.6. The van der Waals surface area contributed by atoms with Gasteiger partial charge in [-0.1, -0.05) is 0 Å². The number of pyridine rings is 1. The lowest BCUT2D eigenvalue weighted by atomic mass is 10.2. The number of nitrogens with two attached hydrogens (primary N) is 1.